The molecule has 0 aromatic carbocycles. The molecule has 0 atom stereocenters. The molecule has 0 radical (unpaired) electrons. The van der Waals surface area contributed by atoms with E-state index in [0.29, 0.717) is 24.6 Å². The molecule has 0 unspecified atom stereocenters. The third-order valence-corrected chi connectivity index (χ3v) is 5.37. The summed E-state index contributed by atoms with van der Waals surface area (Å²) in [5.74, 6) is 1.25. The Morgan fingerprint density at radius 2 is 1.83 bits per heavy atom. The van der Waals surface area contributed by atoms with Crippen LogP contribution in [0.3, 0.4) is 0 Å². The lowest BCUT2D eigenvalue weighted by atomic mass is 9.72. The summed E-state index contributed by atoms with van der Waals surface area (Å²) in [6.45, 7) is 0. The van der Waals surface area contributed by atoms with Gasteiger partial charge in [0, 0.05) is 25.0 Å². The Balaban J connectivity index is 1.51. The molecule has 2 aromatic heterocycles. The van der Waals surface area contributed by atoms with E-state index in [1.165, 1.54) is 32.1 Å². The van der Waals surface area contributed by atoms with Crippen LogP contribution >= 0.6 is 0 Å². The summed E-state index contributed by atoms with van der Waals surface area (Å²) in [4.78, 5) is 4.42. The molecule has 2 aromatic rings. The van der Waals surface area contributed by atoms with Crippen molar-refractivity contribution in [2.24, 2.45) is 0 Å². The molecule has 126 valence electrons. The molecule has 2 fully saturated rings. The second-order valence-corrected chi connectivity index (χ2v) is 7.11. The molecule has 4 nitrogen and oxygen atoms in total. The minimum atomic E-state index is -0.783. The fourth-order valence-electron chi connectivity index (χ4n) is 3.99. The van der Waals surface area contributed by atoms with Gasteiger partial charge in [-0.2, -0.15) is 5.10 Å². The normalized spacial score (nSPS) is 27.5. The largest absolute Gasteiger partial charge is 0.357 e. The molecule has 0 spiro atoms. The number of pyridine rings is 1. The fraction of sp³-hybridized carbons (Fsp3) is 0.526. The molecular formula is C19H23FN4. The summed E-state index contributed by atoms with van der Waals surface area (Å²) in [6.07, 6.45) is 8.15. The first kappa shape index (κ1) is 15.5. The Labute approximate surface area is 141 Å². The van der Waals surface area contributed by atoms with Crippen LogP contribution in [0.15, 0.2) is 36.5 Å². The monoisotopic (exact) mass is 326 g/mol. The Bertz CT molecular complexity index is 662. The first-order valence-corrected chi connectivity index (χ1v) is 8.93. The van der Waals surface area contributed by atoms with Crippen LogP contribution < -0.4 is 5.32 Å². The zero-order valence-electron chi connectivity index (χ0n) is 13.8. The number of nitrogens with zero attached hydrogens (tertiary/aromatic N) is 3. The molecule has 0 saturated heterocycles. The highest BCUT2D eigenvalue weighted by Crippen LogP contribution is 2.44. The van der Waals surface area contributed by atoms with E-state index in [1.807, 2.05) is 24.3 Å². The molecule has 2 heterocycles. The maximum absolute atomic E-state index is 13.6. The smallest absolute Gasteiger partial charge is 0.149 e. The average molecular weight is 326 g/mol. The van der Waals surface area contributed by atoms with Gasteiger partial charge >= 0.3 is 0 Å². The van der Waals surface area contributed by atoms with Crippen LogP contribution in [-0.2, 0) is 5.54 Å². The second kappa shape index (κ2) is 6.46. The van der Waals surface area contributed by atoms with Crippen molar-refractivity contribution in [3.05, 3.63) is 47.9 Å². The highest BCUT2D eigenvalue weighted by atomic mass is 19.1. The molecule has 5 heteroatoms. The Kier molecular flexibility index (Phi) is 4.17. The maximum Gasteiger partial charge on any atom is 0.149 e. The molecular weight excluding hydrogens is 303 g/mol. The molecule has 0 aliphatic heterocycles. The van der Waals surface area contributed by atoms with Crippen LogP contribution in [0, 0.1) is 0 Å². The summed E-state index contributed by atoms with van der Waals surface area (Å²) < 4.78 is 13.6. The van der Waals surface area contributed by atoms with E-state index >= 15 is 0 Å². The zero-order valence-corrected chi connectivity index (χ0v) is 13.8. The Hall–Kier alpha value is -2.04. The van der Waals surface area contributed by atoms with Gasteiger partial charge in [-0.05, 0) is 37.1 Å². The topological polar surface area (TPSA) is 50.7 Å². The Morgan fingerprint density at radius 1 is 1.00 bits per heavy atom. The van der Waals surface area contributed by atoms with Crippen molar-refractivity contribution in [1.82, 2.24) is 15.2 Å². The number of anilines is 1. The minimum Gasteiger partial charge on any atom is -0.357 e. The number of hydrogen-bond donors (Lipinski definition) is 1. The van der Waals surface area contributed by atoms with Gasteiger partial charge in [-0.25, -0.2) is 4.39 Å². The highest BCUT2D eigenvalue weighted by molar-refractivity contribution is 5.42. The predicted molar refractivity (Wildman–Crippen MR) is 91.5 cm³/mol. The van der Waals surface area contributed by atoms with Gasteiger partial charge in [0.05, 0.1) is 16.9 Å². The molecule has 24 heavy (non-hydrogen) atoms. The second-order valence-electron chi connectivity index (χ2n) is 7.11. The van der Waals surface area contributed by atoms with E-state index in [2.05, 4.69) is 26.6 Å². The van der Waals surface area contributed by atoms with Gasteiger partial charge in [-0.1, -0.05) is 25.3 Å². The number of hydrogen-bond acceptors (Lipinski definition) is 4. The van der Waals surface area contributed by atoms with Gasteiger partial charge in [0.25, 0.3) is 0 Å². The lowest BCUT2D eigenvalue weighted by molar-refractivity contribution is 0.111. The molecule has 1 N–H and O–H groups in total. The quantitative estimate of drug-likeness (QED) is 0.907. The molecule has 4 rings (SSSR count). The number of aromatic nitrogens is 3. The van der Waals surface area contributed by atoms with Crippen molar-refractivity contribution in [3.8, 4) is 0 Å². The lowest BCUT2D eigenvalue weighted by Gasteiger charge is -2.44. The number of rotatable bonds is 4. The number of alkyl halides is 1. The average Bonchev–Trinajstić information content (AvgIpc) is 2.62. The van der Waals surface area contributed by atoms with Gasteiger partial charge in [0.1, 0.15) is 12.0 Å². The van der Waals surface area contributed by atoms with Gasteiger partial charge in [0.2, 0.25) is 0 Å². The maximum atomic E-state index is 13.6. The van der Waals surface area contributed by atoms with Crippen LogP contribution in [0.4, 0.5) is 10.2 Å². The van der Waals surface area contributed by atoms with Crippen molar-refractivity contribution < 1.29 is 4.39 Å². The van der Waals surface area contributed by atoms with Crippen LogP contribution in [0.1, 0.15) is 62.3 Å². The minimum absolute atomic E-state index is 0.427. The van der Waals surface area contributed by atoms with E-state index in [4.69, 9.17) is 0 Å². The van der Waals surface area contributed by atoms with Gasteiger partial charge in [-0.15, -0.1) is 5.10 Å². The van der Waals surface area contributed by atoms with Gasteiger partial charge < -0.3 is 5.32 Å². The summed E-state index contributed by atoms with van der Waals surface area (Å²) in [5, 5.41) is 12.2. The van der Waals surface area contributed by atoms with Gasteiger partial charge in [-0.3, -0.25) is 4.98 Å². The van der Waals surface area contributed by atoms with E-state index in [9.17, 15) is 4.39 Å². The first-order valence-electron chi connectivity index (χ1n) is 8.93. The van der Waals surface area contributed by atoms with Gasteiger partial charge in [0.15, 0.2) is 0 Å². The third kappa shape index (κ3) is 2.99. The SMILES string of the molecule is FC1CC(Nc2ccc(C3CCCCC3)nn2)(c2ccccn2)C1. The van der Waals surface area contributed by atoms with E-state index in [0.717, 1.165) is 11.4 Å². The van der Waals surface area contributed by atoms with Crippen molar-refractivity contribution in [2.75, 3.05) is 5.32 Å². The molecule has 0 amide bonds. The first-order chi connectivity index (χ1) is 11.8. The van der Waals surface area contributed by atoms with Crippen LogP contribution in [0.2, 0.25) is 0 Å². The molecule has 2 aliphatic carbocycles. The summed E-state index contributed by atoms with van der Waals surface area (Å²) in [6, 6.07) is 9.82. The molecule has 0 bridgehead atoms. The van der Waals surface area contributed by atoms with Crippen molar-refractivity contribution in [1.29, 1.82) is 0 Å². The third-order valence-electron chi connectivity index (χ3n) is 5.37. The van der Waals surface area contributed by atoms with Crippen LogP contribution in [0.5, 0.6) is 0 Å². The number of halogens is 1. The summed E-state index contributed by atoms with van der Waals surface area (Å²) >= 11 is 0. The van der Waals surface area contributed by atoms with Crippen LogP contribution in [-0.4, -0.2) is 21.4 Å². The summed E-state index contributed by atoms with van der Waals surface area (Å²) in [5.41, 5.74) is 1.50. The van der Waals surface area contributed by atoms with Crippen molar-refractivity contribution in [2.45, 2.75) is 62.6 Å². The van der Waals surface area contributed by atoms with Crippen molar-refractivity contribution >= 4 is 5.82 Å². The van der Waals surface area contributed by atoms with Crippen LogP contribution in [0.25, 0.3) is 0 Å². The van der Waals surface area contributed by atoms with E-state index in [1.54, 1.807) is 6.20 Å². The molecule has 2 saturated carbocycles. The lowest BCUT2D eigenvalue weighted by Crippen LogP contribution is -2.49. The highest BCUT2D eigenvalue weighted by Gasteiger charge is 2.47. The van der Waals surface area contributed by atoms with Crippen molar-refractivity contribution in [3.63, 3.8) is 0 Å². The zero-order chi connectivity index (χ0) is 16.4. The van der Waals surface area contributed by atoms with E-state index in [-0.39, 0.29) is 0 Å². The standard InChI is InChI=1S/C19H23FN4/c20-15-12-19(13-15,17-8-4-5-11-21-17)22-18-10-9-16(23-24-18)14-6-2-1-3-7-14/h4-5,8-11,14-15H,1-3,6-7,12-13H2,(H,22,24). The number of nitrogens with one attached hydrogen (secondary N) is 1. The van der Waals surface area contributed by atoms with E-state index < -0.39 is 11.7 Å². The summed E-state index contributed by atoms with van der Waals surface area (Å²) in [7, 11) is 0. The fourth-order valence-corrected chi connectivity index (χ4v) is 3.99. The predicted octanol–water partition coefficient (Wildman–Crippen LogP) is 4.36. The Morgan fingerprint density at radius 3 is 2.46 bits per heavy atom. The molecule has 2 aliphatic rings.